The molecule has 2 N–H and O–H groups in total. The van der Waals surface area contributed by atoms with E-state index in [0.29, 0.717) is 29.8 Å². The molecule has 0 spiro atoms. The zero-order valence-electron chi connectivity index (χ0n) is 12.6. The molecular weight excluding hydrogens is 382 g/mol. The van der Waals surface area contributed by atoms with E-state index in [1.807, 2.05) is 0 Å². The molecule has 4 nitrogen and oxygen atoms in total. The van der Waals surface area contributed by atoms with Crippen molar-refractivity contribution >= 4 is 27.5 Å². The van der Waals surface area contributed by atoms with Crippen molar-refractivity contribution < 1.29 is 18.3 Å². The second kappa shape index (κ2) is 7.17. The van der Waals surface area contributed by atoms with E-state index < -0.39 is 6.61 Å². The van der Waals surface area contributed by atoms with Gasteiger partial charge in [-0.05, 0) is 30.7 Å². The Balaban J connectivity index is 1.98. The van der Waals surface area contributed by atoms with Crippen molar-refractivity contribution in [2.45, 2.75) is 19.1 Å². The van der Waals surface area contributed by atoms with Gasteiger partial charge in [0, 0.05) is 22.3 Å². The summed E-state index contributed by atoms with van der Waals surface area (Å²) in [6, 6.07) is 11.7. The number of hydrogen-bond acceptors (Lipinski definition) is 3. The fourth-order valence-electron chi connectivity index (χ4n) is 2.72. The van der Waals surface area contributed by atoms with Crippen molar-refractivity contribution in [3.8, 4) is 5.75 Å². The molecule has 0 bridgehead atoms. The molecule has 1 heterocycles. The molecule has 0 aliphatic carbocycles. The molecular formula is C17H15BrF2N2O2. The van der Waals surface area contributed by atoms with E-state index in [1.165, 1.54) is 6.07 Å². The number of carbonyl (C=O) groups excluding carboxylic acids is 1. The zero-order chi connectivity index (χ0) is 17.1. The van der Waals surface area contributed by atoms with Crippen LogP contribution in [0, 0.1) is 0 Å². The van der Waals surface area contributed by atoms with Gasteiger partial charge in [0.2, 0.25) is 0 Å². The first-order valence-electron chi connectivity index (χ1n) is 7.42. The van der Waals surface area contributed by atoms with Crippen molar-refractivity contribution in [1.29, 1.82) is 0 Å². The molecule has 0 radical (unpaired) electrons. The van der Waals surface area contributed by atoms with Crippen molar-refractivity contribution in [1.82, 2.24) is 5.32 Å². The Bertz CT molecular complexity index is 755. The third-order valence-electron chi connectivity index (χ3n) is 3.79. The van der Waals surface area contributed by atoms with Crippen LogP contribution in [0.4, 0.5) is 14.5 Å². The number of hydrogen-bond donors (Lipinski definition) is 2. The quantitative estimate of drug-likeness (QED) is 0.811. The summed E-state index contributed by atoms with van der Waals surface area (Å²) in [5, 5.41) is 6.12. The number of benzene rings is 2. The molecule has 1 unspecified atom stereocenters. The van der Waals surface area contributed by atoms with Gasteiger partial charge in [-0.2, -0.15) is 8.78 Å². The first-order valence-corrected chi connectivity index (χ1v) is 8.22. The first kappa shape index (κ1) is 16.7. The van der Waals surface area contributed by atoms with E-state index in [-0.39, 0.29) is 17.7 Å². The van der Waals surface area contributed by atoms with Gasteiger partial charge in [0.25, 0.3) is 5.91 Å². The van der Waals surface area contributed by atoms with Crippen LogP contribution in [0.15, 0.2) is 46.9 Å². The second-order valence-corrected chi connectivity index (χ2v) is 6.26. The number of ether oxygens (including phenoxy) is 1. The number of anilines is 1. The number of fused-ring (bicyclic) bond motifs is 1. The molecule has 0 aromatic heterocycles. The number of rotatable bonds is 3. The predicted octanol–water partition coefficient (Wildman–Crippen LogP) is 4.34. The Morgan fingerprint density at radius 2 is 2.00 bits per heavy atom. The third-order valence-corrected chi connectivity index (χ3v) is 4.28. The van der Waals surface area contributed by atoms with Gasteiger partial charge in [0.15, 0.2) is 0 Å². The SMILES string of the molecule is O=C1NCCC(c2ccccc2OC(F)F)Nc2cc(Br)ccc21. The minimum Gasteiger partial charge on any atom is -0.434 e. The highest BCUT2D eigenvalue weighted by molar-refractivity contribution is 9.10. The number of carbonyl (C=O) groups is 1. The summed E-state index contributed by atoms with van der Waals surface area (Å²) in [4.78, 5) is 12.1. The van der Waals surface area contributed by atoms with Gasteiger partial charge in [-0.25, -0.2) is 0 Å². The van der Waals surface area contributed by atoms with E-state index in [0.717, 1.165) is 4.47 Å². The Labute approximate surface area is 146 Å². The first-order chi connectivity index (χ1) is 11.5. The van der Waals surface area contributed by atoms with Gasteiger partial charge in [-0.1, -0.05) is 34.1 Å². The van der Waals surface area contributed by atoms with Crippen LogP contribution in [0.3, 0.4) is 0 Å². The number of alkyl halides is 2. The monoisotopic (exact) mass is 396 g/mol. The highest BCUT2D eigenvalue weighted by Crippen LogP contribution is 2.34. The van der Waals surface area contributed by atoms with Gasteiger partial charge in [-0.3, -0.25) is 4.79 Å². The molecule has 0 saturated carbocycles. The molecule has 3 rings (SSSR count). The minimum absolute atomic E-state index is 0.133. The lowest BCUT2D eigenvalue weighted by Gasteiger charge is -2.26. The van der Waals surface area contributed by atoms with Crippen LogP contribution < -0.4 is 15.4 Å². The predicted molar refractivity (Wildman–Crippen MR) is 90.5 cm³/mol. The minimum atomic E-state index is -2.89. The summed E-state index contributed by atoms with van der Waals surface area (Å²) >= 11 is 3.38. The standard InChI is InChI=1S/C17H15BrF2N2O2/c18-10-5-6-12-14(9-10)22-13(7-8-21-16(12)23)11-3-1-2-4-15(11)24-17(19)20/h1-6,9,13,17,22H,7-8H2,(H,21,23). The van der Waals surface area contributed by atoms with E-state index in [4.69, 9.17) is 0 Å². The van der Waals surface area contributed by atoms with Gasteiger partial charge in [-0.15, -0.1) is 0 Å². The summed E-state index contributed by atoms with van der Waals surface area (Å²) in [6.45, 7) is -2.46. The average Bonchev–Trinajstić information content (AvgIpc) is 2.52. The van der Waals surface area contributed by atoms with Gasteiger partial charge in [0.05, 0.1) is 11.6 Å². The molecule has 1 atom stereocenters. The fraction of sp³-hybridized carbons (Fsp3) is 0.235. The topological polar surface area (TPSA) is 50.4 Å². The van der Waals surface area contributed by atoms with E-state index in [2.05, 4.69) is 31.3 Å². The molecule has 2 aromatic carbocycles. The molecule has 7 heteroatoms. The molecule has 24 heavy (non-hydrogen) atoms. The fourth-order valence-corrected chi connectivity index (χ4v) is 3.09. The summed E-state index contributed by atoms with van der Waals surface area (Å²) < 4.78 is 30.8. The van der Waals surface area contributed by atoms with Crippen LogP contribution in [0.5, 0.6) is 5.75 Å². The maximum Gasteiger partial charge on any atom is 0.387 e. The highest BCUT2D eigenvalue weighted by Gasteiger charge is 2.23. The summed E-state index contributed by atoms with van der Waals surface area (Å²) in [5.41, 5.74) is 1.77. The average molecular weight is 397 g/mol. The molecule has 0 fully saturated rings. The van der Waals surface area contributed by atoms with E-state index >= 15 is 0 Å². The van der Waals surface area contributed by atoms with Crippen LogP contribution in [0.25, 0.3) is 0 Å². The Morgan fingerprint density at radius 1 is 1.21 bits per heavy atom. The van der Waals surface area contributed by atoms with Crippen LogP contribution in [0.1, 0.15) is 28.4 Å². The molecule has 0 saturated heterocycles. The van der Waals surface area contributed by atoms with Crippen molar-refractivity contribution in [2.75, 3.05) is 11.9 Å². The lowest BCUT2D eigenvalue weighted by Crippen LogP contribution is -2.31. The van der Waals surface area contributed by atoms with E-state index in [1.54, 1.807) is 36.4 Å². The maximum absolute atomic E-state index is 12.7. The number of nitrogens with one attached hydrogen (secondary N) is 2. The smallest absolute Gasteiger partial charge is 0.387 e. The van der Waals surface area contributed by atoms with Crippen LogP contribution >= 0.6 is 15.9 Å². The Morgan fingerprint density at radius 3 is 2.79 bits per heavy atom. The third kappa shape index (κ3) is 3.67. The lowest BCUT2D eigenvalue weighted by atomic mass is 9.99. The maximum atomic E-state index is 12.7. The van der Waals surface area contributed by atoms with Crippen LogP contribution in [0.2, 0.25) is 0 Å². The molecule has 1 amide bonds. The molecule has 1 aliphatic rings. The molecule has 126 valence electrons. The zero-order valence-corrected chi connectivity index (χ0v) is 14.1. The largest absolute Gasteiger partial charge is 0.434 e. The lowest BCUT2D eigenvalue weighted by molar-refractivity contribution is -0.0505. The van der Waals surface area contributed by atoms with E-state index in [9.17, 15) is 13.6 Å². The Kier molecular flexibility index (Phi) is 4.99. The van der Waals surface area contributed by atoms with Gasteiger partial charge < -0.3 is 15.4 Å². The number of amides is 1. The summed E-state index contributed by atoms with van der Waals surface area (Å²) in [7, 11) is 0. The summed E-state index contributed by atoms with van der Waals surface area (Å²) in [5.74, 6) is -0.0333. The van der Waals surface area contributed by atoms with Crippen molar-refractivity contribution in [3.05, 3.63) is 58.1 Å². The second-order valence-electron chi connectivity index (χ2n) is 5.35. The molecule has 2 aromatic rings. The van der Waals surface area contributed by atoms with Crippen molar-refractivity contribution in [3.63, 3.8) is 0 Å². The van der Waals surface area contributed by atoms with Crippen molar-refractivity contribution in [2.24, 2.45) is 0 Å². The molecule has 1 aliphatic heterocycles. The number of para-hydroxylation sites is 1. The van der Waals surface area contributed by atoms with Crippen LogP contribution in [-0.2, 0) is 0 Å². The highest BCUT2D eigenvalue weighted by atomic mass is 79.9. The Hall–Kier alpha value is -2.15. The van der Waals surface area contributed by atoms with Crippen LogP contribution in [-0.4, -0.2) is 19.1 Å². The number of halogens is 3. The van der Waals surface area contributed by atoms with Gasteiger partial charge in [0.1, 0.15) is 5.75 Å². The normalized spacial score (nSPS) is 17.3. The summed E-state index contributed by atoms with van der Waals surface area (Å²) in [6.07, 6.45) is 0.543. The van der Waals surface area contributed by atoms with Gasteiger partial charge >= 0.3 is 6.61 Å².